The third-order valence-corrected chi connectivity index (χ3v) is 3.79. The van der Waals surface area contributed by atoms with Gasteiger partial charge in [0.2, 0.25) is 0 Å². The van der Waals surface area contributed by atoms with Crippen LogP contribution in [0.2, 0.25) is 4.71 Å². The van der Waals surface area contributed by atoms with E-state index in [1.54, 1.807) is 0 Å². The van der Waals surface area contributed by atoms with Crippen LogP contribution in [-0.4, -0.2) is 16.9 Å². The predicted molar refractivity (Wildman–Crippen MR) is 55.7 cm³/mol. The molecule has 1 aromatic carbocycles. The molecule has 0 heterocycles. The summed E-state index contributed by atoms with van der Waals surface area (Å²) in [5, 5.41) is 0. The van der Waals surface area contributed by atoms with E-state index >= 15 is 0 Å². The summed E-state index contributed by atoms with van der Waals surface area (Å²) < 4.78 is 2.02. The van der Waals surface area contributed by atoms with Gasteiger partial charge in [0.15, 0.2) is 0 Å². The number of fused-ring (bicyclic) bond motifs is 1. The van der Waals surface area contributed by atoms with Gasteiger partial charge in [-0.25, -0.2) is 0 Å². The summed E-state index contributed by atoms with van der Waals surface area (Å²) >= 11 is 6.28. The van der Waals surface area contributed by atoms with E-state index in [2.05, 4.69) is 51.0 Å². The molecule has 2 heteroatoms. The maximum absolute atomic E-state index is 3.50. The summed E-state index contributed by atoms with van der Waals surface area (Å²) in [6.07, 6.45) is 3.81. The molecule has 0 amide bonds. The Morgan fingerprint density at radius 2 is 2.17 bits per heavy atom. The Morgan fingerprint density at radius 1 is 1.33 bits per heavy atom. The first-order valence-corrected chi connectivity index (χ1v) is 6.09. The molecular formula is C10H10AsBr. The molecule has 0 saturated carbocycles. The van der Waals surface area contributed by atoms with Crippen molar-refractivity contribution in [2.24, 2.45) is 0 Å². The first kappa shape index (κ1) is 8.84. The molecule has 0 nitrogen and oxygen atoms in total. The molecule has 62 valence electrons. The first-order valence-electron chi connectivity index (χ1n) is 4.21. The second-order valence-corrected chi connectivity index (χ2v) is 5.76. The van der Waals surface area contributed by atoms with E-state index in [9.17, 15) is 0 Å². The third-order valence-electron chi connectivity index (χ3n) is 2.37. The minimum absolute atomic E-state index is 0.811. The molecule has 0 saturated heterocycles. The number of halogens is 1. The van der Waals surface area contributed by atoms with Crippen LogP contribution in [-0.2, 0) is 12.8 Å². The Morgan fingerprint density at radius 3 is 3.00 bits per heavy atom. The van der Waals surface area contributed by atoms with Crippen molar-refractivity contribution in [3.8, 4) is 0 Å². The molecule has 1 aromatic rings. The van der Waals surface area contributed by atoms with Crippen molar-refractivity contribution in [2.45, 2.75) is 24.0 Å². The van der Waals surface area contributed by atoms with Crippen LogP contribution in [0.3, 0.4) is 0 Å². The van der Waals surface area contributed by atoms with Gasteiger partial charge in [-0.1, -0.05) is 0 Å². The van der Waals surface area contributed by atoms with E-state index in [0.717, 1.165) is 4.71 Å². The van der Waals surface area contributed by atoms with Gasteiger partial charge < -0.3 is 0 Å². The van der Waals surface area contributed by atoms with Crippen LogP contribution in [0, 0.1) is 0 Å². The SMILES string of the molecule is [As]C1CCc2cc(Br)ccc2C1. The summed E-state index contributed by atoms with van der Waals surface area (Å²) in [5.41, 5.74) is 3.07. The van der Waals surface area contributed by atoms with Gasteiger partial charge in [0.25, 0.3) is 0 Å². The van der Waals surface area contributed by atoms with Gasteiger partial charge in [0.05, 0.1) is 0 Å². The van der Waals surface area contributed by atoms with Crippen molar-refractivity contribution in [2.75, 3.05) is 0 Å². The van der Waals surface area contributed by atoms with Crippen molar-refractivity contribution in [1.29, 1.82) is 0 Å². The molecule has 1 unspecified atom stereocenters. The van der Waals surface area contributed by atoms with Gasteiger partial charge in [-0.3, -0.25) is 0 Å². The molecule has 2 rings (SSSR count). The fourth-order valence-corrected chi connectivity index (χ4v) is 2.80. The normalized spacial score (nSPS) is 22.0. The fraction of sp³-hybridized carbons (Fsp3) is 0.400. The van der Waals surface area contributed by atoms with Crippen LogP contribution in [0.25, 0.3) is 0 Å². The Labute approximate surface area is 90.4 Å². The van der Waals surface area contributed by atoms with Gasteiger partial charge in [0.1, 0.15) is 0 Å². The van der Waals surface area contributed by atoms with E-state index in [4.69, 9.17) is 0 Å². The second-order valence-electron chi connectivity index (χ2n) is 3.31. The summed E-state index contributed by atoms with van der Waals surface area (Å²) in [5.74, 6) is 0. The zero-order valence-electron chi connectivity index (χ0n) is 6.76. The van der Waals surface area contributed by atoms with Crippen LogP contribution in [0.15, 0.2) is 22.7 Å². The van der Waals surface area contributed by atoms with E-state index < -0.39 is 0 Å². The number of hydrogen-bond donors (Lipinski definition) is 0. The van der Waals surface area contributed by atoms with Gasteiger partial charge in [-0.05, 0) is 0 Å². The maximum atomic E-state index is 3.50. The predicted octanol–water partition coefficient (Wildman–Crippen LogP) is 2.89. The number of rotatable bonds is 0. The second kappa shape index (κ2) is 3.55. The van der Waals surface area contributed by atoms with Crippen molar-refractivity contribution in [3.05, 3.63) is 33.8 Å². The molecule has 2 radical (unpaired) electrons. The topological polar surface area (TPSA) is 0 Å². The Balaban J connectivity index is 2.37. The Bertz CT molecular complexity index is 296. The van der Waals surface area contributed by atoms with E-state index in [0.29, 0.717) is 0 Å². The fourth-order valence-electron chi connectivity index (χ4n) is 1.70. The van der Waals surface area contributed by atoms with Gasteiger partial charge in [-0.2, -0.15) is 0 Å². The average molecular weight is 285 g/mol. The third kappa shape index (κ3) is 1.77. The molecule has 0 aromatic heterocycles. The molecule has 0 N–H and O–H groups in total. The van der Waals surface area contributed by atoms with Crippen molar-refractivity contribution >= 4 is 32.8 Å². The summed E-state index contributed by atoms with van der Waals surface area (Å²) in [4.78, 5) is 0. The summed E-state index contributed by atoms with van der Waals surface area (Å²) in [6.45, 7) is 0. The molecular weight excluding hydrogens is 275 g/mol. The molecule has 12 heavy (non-hydrogen) atoms. The van der Waals surface area contributed by atoms with E-state index in [1.807, 2.05) is 0 Å². The monoisotopic (exact) mass is 284 g/mol. The van der Waals surface area contributed by atoms with Crippen LogP contribution < -0.4 is 0 Å². The molecule has 1 atom stereocenters. The summed E-state index contributed by atoms with van der Waals surface area (Å²) in [7, 11) is 0. The van der Waals surface area contributed by atoms with Crippen LogP contribution in [0.5, 0.6) is 0 Å². The molecule has 0 bridgehead atoms. The average Bonchev–Trinajstić information content (AvgIpc) is 2.05. The van der Waals surface area contributed by atoms with E-state index in [-0.39, 0.29) is 0 Å². The first-order chi connectivity index (χ1) is 5.75. The van der Waals surface area contributed by atoms with Crippen LogP contribution in [0.1, 0.15) is 17.5 Å². The molecule has 1 aliphatic rings. The standard InChI is InChI=1S/C10H10AsBr/c11-9-3-1-8-6-10(12)4-2-7(8)5-9/h2,4,6,9H,1,3,5H2. The van der Waals surface area contributed by atoms with Gasteiger partial charge >= 0.3 is 90.5 Å². The molecule has 0 fully saturated rings. The van der Waals surface area contributed by atoms with Crippen molar-refractivity contribution in [1.82, 2.24) is 0 Å². The van der Waals surface area contributed by atoms with Crippen molar-refractivity contribution < 1.29 is 0 Å². The quantitative estimate of drug-likeness (QED) is 0.643. The minimum atomic E-state index is 0.811. The zero-order chi connectivity index (χ0) is 8.55. The number of benzene rings is 1. The Kier molecular flexibility index (Phi) is 2.62. The molecule has 0 aliphatic heterocycles. The number of hydrogen-bond acceptors (Lipinski definition) is 0. The zero-order valence-corrected chi connectivity index (χ0v) is 10.2. The molecule has 0 spiro atoms. The van der Waals surface area contributed by atoms with Crippen molar-refractivity contribution in [3.63, 3.8) is 0 Å². The van der Waals surface area contributed by atoms with Crippen LogP contribution in [0.4, 0.5) is 0 Å². The Hall–Kier alpha value is 0.258. The van der Waals surface area contributed by atoms with Gasteiger partial charge in [0, 0.05) is 0 Å². The van der Waals surface area contributed by atoms with E-state index in [1.165, 1.54) is 34.9 Å². The molecule has 1 aliphatic carbocycles. The van der Waals surface area contributed by atoms with Gasteiger partial charge in [-0.15, -0.1) is 0 Å². The summed E-state index contributed by atoms with van der Waals surface area (Å²) in [6, 6.07) is 6.65. The number of aryl methyl sites for hydroxylation is 1. The van der Waals surface area contributed by atoms with Crippen LogP contribution >= 0.6 is 15.9 Å².